The summed E-state index contributed by atoms with van der Waals surface area (Å²) >= 11 is 0. The number of carbonyl (C=O) groups is 2. The van der Waals surface area contributed by atoms with Crippen LogP contribution >= 0.6 is 0 Å². The lowest BCUT2D eigenvalue weighted by Gasteiger charge is -2.46. The predicted octanol–water partition coefficient (Wildman–Crippen LogP) is 3.69. The fraction of sp³-hybridized carbons (Fsp3) is 0.217. The van der Waals surface area contributed by atoms with Gasteiger partial charge >= 0.3 is 5.97 Å². The Morgan fingerprint density at radius 2 is 2.07 bits per heavy atom. The lowest BCUT2D eigenvalue weighted by molar-refractivity contribution is -0.182. The van der Waals surface area contributed by atoms with Crippen LogP contribution in [0.4, 0.5) is 5.69 Å². The van der Waals surface area contributed by atoms with Crippen molar-refractivity contribution in [3.8, 4) is 0 Å². The number of hydrogen-bond donors (Lipinski definition) is 1. The molecule has 1 saturated heterocycles. The van der Waals surface area contributed by atoms with Crippen molar-refractivity contribution in [1.82, 2.24) is 4.90 Å². The van der Waals surface area contributed by atoms with Crippen molar-refractivity contribution in [2.24, 2.45) is 0 Å². The summed E-state index contributed by atoms with van der Waals surface area (Å²) in [4.78, 5) is 27.3. The number of rotatable bonds is 2. The molecule has 3 heterocycles. The topological polar surface area (TPSA) is 67.9 Å². The van der Waals surface area contributed by atoms with Crippen molar-refractivity contribution in [3.63, 3.8) is 0 Å². The first-order valence-electron chi connectivity index (χ1n) is 9.64. The van der Waals surface area contributed by atoms with Crippen molar-refractivity contribution in [2.45, 2.75) is 25.2 Å². The van der Waals surface area contributed by atoms with Gasteiger partial charge in [-0.15, -0.1) is 0 Å². The van der Waals surface area contributed by atoms with Crippen molar-refractivity contribution < 1.29 is 19.1 Å². The minimum Gasteiger partial charge on any atom is -0.463 e. The number of fused-ring (bicyclic) bond motifs is 5. The fourth-order valence-electron chi connectivity index (χ4n) is 4.25. The molecule has 2 aromatic carbocycles. The second kappa shape index (κ2) is 6.60. The van der Waals surface area contributed by atoms with Gasteiger partial charge < -0.3 is 19.7 Å². The van der Waals surface area contributed by atoms with Crippen LogP contribution in [0.1, 0.15) is 36.3 Å². The molecule has 146 valence electrons. The van der Waals surface area contributed by atoms with Gasteiger partial charge in [0.15, 0.2) is 11.8 Å². The molecule has 0 aliphatic carbocycles. The Morgan fingerprint density at radius 1 is 1.28 bits per heavy atom. The summed E-state index contributed by atoms with van der Waals surface area (Å²) in [6.45, 7) is 2.05. The zero-order chi connectivity index (χ0) is 20.0. The van der Waals surface area contributed by atoms with Gasteiger partial charge in [-0.05, 0) is 24.6 Å². The molecule has 1 N–H and O–H groups in total. The second-order valence-electron chi connectivity index (χ2n) is 7.21. The largest absolute Gasteiger partial charge is 0.463 e. The molecule has 0 bridgehead atoms. The summed E-state index contributed by atoms with van der Waals surface area (Å²) in [5.74, 6) is -0.655. The molecule has 3 aliphatic rings. The van der Waals surface area contributed by atoms with E-state index in [1.54, 1.807) is 6.92 Å². The highest BCUT2D eigenvalue weighted by Gasteiger charge is 2.54. The molecule has 1 spiro atoms. The third-order valence-corrected chi connectivity index (χ3v) is 5.55. The smallest absolute Gasteiger partial charge is 0.332 e. The first-order valence-corrected chi connectivity index (χ1v) is 9.64. The van der Waals surface area contributed by atoms with Crippen LogP contribution in [0.3, 0.4) is 0 Å². The van der Waals surface area contributed by atoms with Crippen LogP contribution in [-0.4, -0.2) is 23.4 Å². The van der Waals surface area contributed by atoms with Crippen LogP contribution in [0.25, 0.3) is 6.08 Å². The Morgan fingerprint density at radius 3 is 2.93 bits per heavy atom. The first kappa shape index (κ1) is 17.7. The van der Waals surface area contributed by atoms with Crippen molar-refractivity contribution in [2.75, 3.05) is 11.9 Å². The fourth-order valence-corrected chi connectivity index (χ4v) is 4.25. The standard InChI is InChI=1S/C23H20N2O4/c1-2-28-20(26)13-16-14-23(18-9-5-6-10-19(18)24-22(23)27)29-21-17-8-4-3-7-15(17)11-12-25(16)21/h3-13,21H,2,14H2,1H3,(H,24,27)/b16-13-/t21-,23-/m0/s1. The average molecular weight is 388 g/mol. The molecule has 0 unspecified atom stereocenters. The highest BCUT2D eigenvalue weighted by Crippen LogP contribution is 2.52. The van der Waals surface area contributed by atoms with Crippen LogP contribution in [0.15, 0.2) is 66.5 Å². The molecule has 0 saturated carbocycles. The minimum atomic E-state index is -1.20. The van der Waals surface area contributed by atoms with E-state index in [-0.39, 0.29) is 18.9 Å². The molecule has 2 atom stereocenters. The number of anilines is 1. The van der Waals surface area contributed by atoms with Gasteiger partial charge in [-0.2, -0.15) is 0 Å². The monoisotopic (exact) mass is 388 g/mol. The third kappa shape index (κ3) is 2.68. The maximum Gasteiger partial charge on any atom is 0.332 e. The first-order chi connectivity index (χ1) is 14.1. The zero-order valence-corrected chi connectivity index (χ0v) is 15.9. The summed E-state index contributed by atoms with van der Waals surface area (Å²) in [5.41, 5.74) is 2.97. The number of para-hydroxylation sites is 1. The lowest BCUT2D eigenvalue weighted by Crippen LogP contribution is -2.48. The van der Waals surface area contributed by atoms with E-state index < -0.39 is 17.8 Å². The third-order valence-electron chi connectivity index (χ3n) is 5.55. The Bertz CT molecular complexity index is 1070. The number of benzene rings is 2. The quantitative estimate of drug-likeness (QED) is 0.628. The number of hydrogen-bond acceptors (Lipinski definition) is 5. The summed E-state index contributed by atoms with van der Waals surface area (Å²) in [6.07, 6.45) is 5.05. The van der Waals surface area contributed by atoms with Gasteiger partial charge in [0, 0.05) is 41.2 Å². The van der Waals surface area contributed by atoms with Gasteiger partial charge in [0.1, 0.15) is 0 Å². The number of nitrogens with zero attached hydrogens (tertiary/aromatic N) is 1. The maximum absolute atomic E-state index is 13.1. The predicted molar refractivity (Wildman–Crippen MR) is 107 cm³/mol. The number of carbonyl (C=O) groups excluding carboxylic acids is 2. The van der Waals surface area contributed by atoms with Crippen LogP contribution < -0.4 is 5.32 Å². The van der Waals surface area contributed by atoms with E-state index in [9.17, 15) is 9.59 Å². The lowest BCUT2D eigenvalue weighted by atomic mass is 9.86. The molecule has 6 heteroatoms. The van der Waals surface area contributed by atoms with Gasteiger partial charge in [-0.3, -0.25) is 4.79 Å². The highest BCUT2D eigenvalue weighted by atomic mass is 16.5. The number of esters is 1. The molecule has 0 aromatic heterocycles. The van der Waals surface area contributed by atoms with Gasteiger partial charge in [0.2, 0.25) is 0 Å². The molecule has 3 aliphatic heterocycles. The summed E-state index contributed by atoms with van der Waals surface area (Å²) < 4.78 is 11.7. The minimum absolute atomic E-state index is 0.222. The SMILES string of the molecule is CCOC(=O)/C=C1/C[C@@]2(O[C@H]3c4ccccc4C=CN13)C(=O)Nc1ccccc12. The number of nitrogens with one attached hydrogen (secondary N) is 1. The van der Waals surface area contributed by atoms with Crippen LogP contribution in [0.5, 0.6) is 0 Å². The molecule has 2 aromatic rings. The van der Waals surface area contributed by atoms with Crippen molar-refractivity contribution in [1.29, 1.82) is 0 Å². The van der Waals surface area contributed by atoms with E-state index in [0.29, 0.717) is 5.70 Å². The molecular weight excluding hydrogens is 368 g/mol. The molecule has 0 radical (unpaired) electrons. The average Bonchev–Trinajstić information content (AvgIpc) is 2.99. The number of amides is 1. The van der Waals surface area contributed by atoms with E-state index in [4.69, 9.17) is 9.47 Å². The molecule has 6 nitrogen and oxygen atoms in total. The molecular formula is C23H20N2O4. The Hall–Kier alpha value is -3.38. The zero-order valence-electron chi connectivity index (χ0n) is 15.9. The molecule has 1 amide bonds. The highest BCUT2D eigenvalue weighted by molar-refractivity contribution is 6.05. The van der Waals surface area contributed by atoms with Crippen LogP contribution in [0.2, 0.25) is 0 Å². The van der Waals surface area contributed by atoms with Gasteiger partial charge in [-0.1, -0.05) is 42.5 Å². The van der Waals surface area contributed by atoms with E-state index in [1.165, 1.54) is 6.08 Å². The summed E-state index contributed by atoms with van der Waals surface area (Å²) in [5, 5.41) is 2.93. The molecule has 1 fully saturated rings. The van der Waals surface area contributed by atoms with Crippen LogP contribution in [0, 0.1) is 0 Å². The summed E-state index contributed by atoms with van der Waals surface area (Å²) in [7, 11) is 0. The van der Waals surface area contributed by atoms with E-state index in [0.717, 1.165) is 22.4 Å². The van der Waals surface area contributed by atoms with Gasteiger partial charge in [0.25, 0.3) is 5.91 Å². The number of ether oxygens (including phenoxy) is 2. The maximum atomic E-state index is 13.1. The summed E-state index contributed by atoms with van der Waals surface area (Å²) in [6, 6.07) is 15.4. The van der Waals surface area contributed by atoms with E-state index >= 15 is 0 Å². The van der Waals surface area contributed by atoms with Crippen molar-refractivity contribution >= 4 is 23.6 Å². The molecule has 29 heavy (non-hydrogen) atoms. The van der Waals surface area contributed by atoms with Gasteiger partial charge in [-0.25, -0.2) is 4.79 Å². The Balaban J connectivity index is 1.67. The van der Waals surface area contributed by atoms with Crippen LogP contribution in [-0.2, 0) is 24.7 Å². The van der Waals surface area contributed by atoms with Gasteiger partial charge in [0.05, 0.1) is 6.61 Å². The second-order valence-corrected chi connectivity index (χ2v) is 7.21. The Labute approximate surface area is 168 Å². The van der Waals surface area contributed by atoms with E-state index in [2.05, 4.69) is 5.32 Å². The van der Waals surface area contributed by atoms with E-state index in [1.807, 2.05) is 65.7 Å². The molecule has 5 rings (SSSR count). The normalized spacial score (nSPS) is 25.4. The van der Waals surface area contributed by atoms with Crippen molar-refractivity contribution in [3.05, 3.63) is 83.2 Å². The Kier molecular flexibility index (Phi) is 4.03.